The van der Waals surface area contributed by atoms with Crippen LogP contribution in [0.5, 0.6) is 0 Å². The van der Waals surface area contributed by atoms with Gasteiger partial charge in [-0.2, -0.15) is 0 Å². The van der Waals surface area contributed by atoms with Crippen molar-refractivity contribution >= 4 is 0 Å². The minimum Gasteiger partial charge on any atom is -0.317 e. The van der Waals surface area contributed by atoms with E-state index < -0.39 is 0 Å². The van der Waals surface area contributed by atoms with Gasteiger partial charge in [0.15, 0.2) is 0 Å². The third-order valence-corrected chi connectivity index (χ3v) is 5.34. The van der Waals surface area contributed by atoms with Crippen LogP contribution in [0.1, 0.15) is 51.4 Å². The van der Waals surface area contributed by atoms with Gasteiger partial charge in [-0.1, -0.05) is 0 Å². The van der Waals surface area contributed by atoms with E-state index in [1.165, 1.54) is 77.5 Å². The molecule has 2 nitrogen and oxygen atoms in total. The average Bonchev–Trinajstić information content (AvgIpc) is 2.85. The van der Waals surface area contributed by atoms with Crippen molar-refractivity contribution in [3.63, 3.8) is 0 Å². The highest BCUT2D eigenvalue weighted by Gasteiger charge is 2.37. The van der Waals surface area contributed by atoms with Crippen LogP contribution in [0.15, 0.2) is 0 Å². The number of hydrogen-bond acceptors (Lipinski definition) is 2. The second-order valence-electron chi connectivity index (χ2n) is 6.22. The first-order chi connectivity index (χ1) is 7.88. The maximum Gasteiger partial charge on any atom is 0.00956 e. The van der Waals surface area contributed by atoms with E-state index in [0.29, 0.717) is 0 Å². The van der Waals surface area contributed by atoms with Crippen molar-refractivity contribution < 1.29 is 0 Å². The van der Waals surface area contributed by atoms with Crippen molar-refractivity contribution in [2.75, 3.05) is 26.2 Å². The molecule has 2 heterocycles. The summed E-state index contributed by atoms with van der Waals surface area (Å²) in [5.74, 6) is 0. The summed E-state index contributed by atoms with van der Waals surface area (Å²) in [4.78, 5) is 2.77. The summed E-state index contributed by atoms with van der Waals surface area (Å²) >= 11 is 0. The van der Waals surface area contributed by atoms with Gasteiger partial charge in [-0.3, -0.25) is 0 Å². The van der Waals surface area contributed by atoms with Gasteiger partial charge >= 0.3 is 0 Å². The number of rotatable bonds is 1. The molecule has 2 saturated heterocycles. The number of hydrogen-bond donors (Lipinski definition) is 1. The van der Waals surface area contributed by atoms with Crippen LogP contribution < -0.4 is 5.32 Å². The fourth-order valence-electron chi connectivity index (χ4n) is 4.14. The third kappa shape index (κ3) is 2.14. The first-order valence-electron chi connectivity index (χ1n) is 7.33. The Bertz CT molecular complexity index is 217. The van der Waals surface area contributed by atoms with Gasteiger partial charge in [0.05, 0.1) is 0 Å². The molecule has 3 aliphatic rings. The van der Waals surface area contributed by atoms with Crippen LogP contribution in [0.25, 0.3) is 0 Å². The number of piperidine rings is 1. The van der Waals surface area contributed by atoms with E-state index in [-0.39, 0.29) is 0 Å². The lowest BCUT2D eigenvalue weighted by Gasteiger charge is -2.45. The second kappa shape index (κ2) is 4.66. The van der Waals surface area contributed by atoms with Crippen LogP contribution in [0.2, 0.25) is 0 Å². The van der Waals surface area contributed by atoms with Crippen LogP contribution >= 0.6 is 0 Å². The predicted octanol–water partition coefficient (Wildman–Crippen LogP) is 2.39. The van der Waals surface area contributed by atoms with E-state index in [2.05, 4.69) is 10.2 Å². The predicted molar refractivity (Wildman–Crippen MR) is 67.6 cm³/mol. The molecule has 2 aliphatic heterocycles. The maximum atomic E-state index is 3.51. The second-order valence-corrected chi connectivity index (χ2v) is 6.22. The quantitative estimate of drug-likeness (QED) is 0.733. The smallest absolute Gasteiger partial charge is 0.00956 e. The Labute approximate surface area is 99.8 Å². The van der Waals surface area contributed by atoms with E-state index in [1.807, 2.05) is 0 Å². The molecule has 0 bridgehead atoms. The maximum absolute atomic E-state index is 3.51. The molecule has 1 saturated carbocycles. The molecule has 1 spiro atoms. The third-order valence-electron chi connectivity index (χ3n) is 5.34. The average molecular weight is 222 g/mol. The van der Waals surface area contributed by atoms with E-state index in [9.17, 15) is 0 Å². The van der Waals surface area contributed by atoms with Crippen LogP contribution in [0.3, 0.4) is 0 Å². The van der Waals surface area contributed by atoms with E-state index in [0.717, 1.165) is 11.5 Å². The van der Waals surface area contributed by atoms with Crippen molar-refractivity contribution in [1.82, 2.24) is 10.2 Å². The molecule has 0 unspecified atom stereocenters. The molecule has 0 amide bonds. The molecule has 2 heteroatoms. The fourth-order valence-corrected chi connectivity index (χ4v) is 4.14. The fraction of sp³-hybridized carbons (Fsp3) is 1.00. The van der Waals surface area contributed by atoms with E-state index in [4.69, 9.17) is 0 Å². The molecule has 0 aromatic carbocycles. The Kier molecular flexibility index (Phi) is 3.21. The van der Waals surface area contributed by atoms with Crippen LogP contribution in [-0.4, -0.2) is 37.1 Å². The molecule has 92 valence electrons. The van der Waals surface area contributed by atoms with Crippen LogP contribution in [-0.2, 0) is 0 Å². The van der Waals surface area contributed by atoms with Gasteiger partial charge in [0.25, 0.3) is 0 Å². The Hall–Kier alpha value is -0.0800. The number of nitrogens with zero attached hydrogens (tertiary/aromatic N) is 1. The molecule has 3 rings (SSSR count). The lowest BCUT2D eigenvalue weighted by atomic mass is 9.67. The van der Waals surface area contributed by atoms with Crippen molar-refractivity contribution in [2.45, 2.75) is 57.4 Å². The summed E-state index contributed by atoms with van der Waals surface area (Å²) in [7, 11) is 0. The zero-order valence-corrected chi connectivity index (χ0v) is 10.5. The molecule has 3 fully saturated rings. The molecule has 1 aliphatic carbocycles. The largest absolute Gasteiger partial charge is 0.317 e. The summed E-state index contributed by atoms with van der Waals surface area (Å²) in [6, 6.07) is 0.947. The normalized spacial score (nSPS) is 32.2. The summed E-state index contributed by atoms with van der Waals surface area (Å²) < 4.78 is 0. The van der Waals surface area contributed by atoms with Crippen molar-refractivity contribution in [3.05, 3.63) is 0 Å². The van der Waals surface area contributed by atoms with Crippen molar-refractivity contribution in [2.24, 2.45) is 5.41 Å². The lowest BCUT2D eigenvalue weighted by molar-refractivity contribution is 0.0760. The summed E-state index contributed by atoms with van der Waals surface area (Å²) in [5, 5.41) is 3.51. The first kappa shape index (κ1) is 11.0. The van der Waals surface area contributed by atoms with Gasteiger partial charge in [-0.15, -0.1) is 0 Å². The highest BCUT2D eigenvalue weighted by atomic mass is 15.2. The van der Waals surface area contributed by atoms with Crippen molar-refractivity contribution in [3.8, 4) is 0 Å². The molecule has 0 aromatic heterocycles. The van der Waals surface area contributed by atoms with Gasteiger partial charge in [-0.25, -0.2) is 0 Å². The monoisotopic (exact) mass is 222 g/mol. The number of likely N-dealkylation sites (tertiary alicyclic amines) is 1. The van der Waals surface area contributed by atoms with E-state index >= 15 is 0 Å². The van der Waals surface area contributed by atoms with Gasteiger partial charge in [0, 0.05) is 6.04 Å². The van der Waals surface area contributed by atoms with Gasteiger partial charge in [-0.05, 0) is 83.0 Å². The van der Waals surface area contributed by atoms with Crippen LogP contribution in [0, 0.1) is 5.41 Å². The van der Waals surface area contributed by atoms with Crippen molar-refractivity contribution in [1.29, 1.82) is 0 Å². The van der Waals surface area contributed by atoms with Crippen LogP contribution in [0.4, 0.5) is 0 Å². The Morgan fingerprint density at radius 2 is 1.50 bits per heavy atom. The molecular weight excluding hydrogens is 196 g/mol. The van der Waals surface area contributed by atoms with E-state index in [1.54, 1.807) is 0 Å². The molecule has 0 atom stereocenters. The topological polar surface area (TPSA) is 15.3 Å². The molecule has 0 radical (unpaired) electrons. The lowest BCUT2D eigenvalue weighted by Crippen LogP contribution is -2.43. The molecule has 0 aromatic rings. The zero-order valence-electron chi connectivity index (χ0n) is 10.5. The summed E-state index contributed by atoms with van der Waals surface area (Å²) in [6.45, 7) is 5.32. The Morgan fingerprint density at radius 3 is 2.12 bits per heavy atom. The number of nitrogens with one attached hydrogen (secondary N) is 1. The molecule has 1 N–H and O–H groups in total. The Balaban J connectivity index is 1.54. The zero-order chi connectivity index (χ0) is 10.8. The van der Waals surface area contributed by atoms with Gasteiger partial charge < -0.3 is 10.2 Å². The SMILES string of the molecule is C1CCN(C2CCC3(CCNCC3)CC2)C1. The molecule has 16 heavy (non-hydrogen) atoms. The molecular formula is C14H26N2. The highest BCUT2D eigenvalue weighted by Crippen LogP contribution is 2.44. The minimum atomic E-state index is 0.751. The minimum absolute atomic E-state index is 0.751. The highest BCUT2D eigenvalue weighted by molar-refractivity contribution is 4.92. The first-order valence-corrected chi connectivity index (χ1v) is 7.33. The Morgan fingerprint density at radius 1 is 0.875 bits per heavy atom. The summed E-state index contributed by atoms with van der Waals surface area (Å²) in [6.07, 6.45) is 11.8. The standard InChI is InChI=1S/C14H26N2/c1-2-12-16(11-1)13-3-5-14(6-4-13)7-9-15-10-8-14/h13,15H,1-12H2. The summed E-state index contributed by atoms with van der Waals surface area (Å²) in [5.41, 5.74) is 0.751. The van der Waals surface area contributed by atoms with Gasteiger partial charge in [0.1, 0.15) is 0 Å². The van der Waals surface area contributed by atoms with Gasteiger partial charge in [0.2, 0.25) is 0 Å².